The van der Waals surface area contributed by atoms with Gasteiger partial charge in [0.05, 0.1) is 0 Å². The topological polar surface area (TPSA) is 0 Å². The molecule has 0 amide bonds. The Kier molecular flexibility index (Phi) is 3.67. The molecule has 0 fully saturated rings. The van der Waals surface area contributed by atoms with Crippen molar-refractivity contribution in [3.8, 4) is 0 Å². The van der Waals surface area contributed by atoms with Crippen molar-refractivity contribution in [1.82, 2.24) is 0 Å². The van der Waals surface area contributed by atoms with Gasteiger partial charge < -0.3 is 0 Å². The third-order valence-corrected chi connectivity index (χ3v) is 2.27. The van der Waals surface area contributed by atoms with Gasteiger partial charge in [-0.2, -0.15) is 0 Å². The first-order valence-electron chi connectivity index (χ1n) is 4.16. The molecule has 0 aliphatic carbocycles. The molecular weight excluding hydrogens is 194 g/mol. The Bertz CT molecular complexity index is 286. The summed E-state index contributed by atoms with van der Waals surface area (Å²) in [6, 6.07) is 3.97. The van der Waals surface area contributed by atoms with E-state index in [1.807, 2.05) is 6.92 Å². The zero-order valence-electron chi connectivity index (χ0n) is 7.36. The van der Waals surface area contributed by atoms with Crippen molar-refractivity contribution in [2.75, 3.05) is 5.88 Å². The van der Waals surface area contributed by atoms with Gasteiger partial charge in [-0.05, 0) is 30.0 Å². The Labute approximate surface area is 81.5 Å². The van der Waals surface area contributed by atoms with Crippen LogP contribution in [0.2, 0.25) is 0 Å². The number of hydrogen-bond donors (Lipinski definition) is 0. The normalized spacial score (nSPS) is 12.9. The van der Waals surface area contributed by atoms with Crippen LogP contribution in [0.4, 0.5) is 8.78 Å². The van der Waals surface area contributed by atoms with Gasteiger partial charge in [0.1, 0.15) is 0 Å². The summed E-state index contributed by atoms with van der Waals surface area (Å²) in [5.74, 6) is -0.895. The molecule has 1 rings (SSSR count). The molecule has 0 heterocycles. The van der Waals surface area contributed by atoms with E-state index in [0.29, 0.717) is 5.88 Å². The van der Waals surface area contributed by atoms with Gasteiger partial charge >= 0.3 is 0 Å². The molecule has 0 bridgehead atoms. The van der Waals surface area contributed by atoms with Crippen molar-refractivity contribution in [2.45, 2.75) is 19.3 Å². The maximum absolute atomic E-state index is 12.8. The highest BCUT2D eigenvalue weighted by Crippen LogP contribution is 2.21. The molecule has 0 saturated carbocycles. The second-order valence-electron chi connectivity index (χ2n) is 3.05. The van der Waals surface area contributed by atoms with Gasteiger partial charge in [-0.3, -0.25) is 0 Å². The summed E-state index contributed by atoms with van der Waals surface area (Å²) in [6.45, 7) is 1.94. The second kappa shape index (κ2) is 4.56. The molecule has 13 heavy (non-hydrogen) atoms. The number of hydrogen-bond acceptors (Lipinski definition) is 0. The standard InChI is InChI=1S/C10H11ClF2/c1-7(4-5-11)8-2-3-9(12)10(13)6-8/h2-3,6-7H,4-5H2,1H3. The van der Waals surface area contributed by atoms with Gasteiger partial charge in [0.2, 0.25) is 0 Å². The minimum absolute atomic E-state index is 0.174. The molecule has 0 N–H and O–H groups in total. The Morgan fingerprint density at radius 3 is 2.54 bits per heavy atom. The van der Waals surface area contributed by atoms with Crippen molar-refractivity contribution in [3.63, 3.8) is 0 Å². The molecule has 0 saturated heterocycles. The highest BCUT2D eigenvalue weighted by molar-refractivity contribution is 6.17. The molecule has 72 valence electrons. The first-order chi connectivity index (χ1) is 6.15. The van der Waals surface area contributed by atoms with E-state index in [1.54, 1.807) is 6.07 Å². The predicted octanol–water partition coefficient (Wildman–Crippen LogP) is 3.70. The minimum Gasteiger partial charge on any atom is -0.204 e. The minimum atomic E-state index is -0.804. The van der Waals surface area contributed by atoms with Crippen LogP contribution in [0, 0.1) is 11.6 Å². The van der Waals surface area contributed by atoms with Crippen LogP contribution in [0.15, 0.2) is 18.2 Å². The molecule has 1 unspecified atom stereocenters. The van der Waals surface area contributed by atoms with Gasteiger partial charge in [-0.1, -0.05) is 13.0 Å². The van der Waals surface area contributed by atoms with E-state index in [2.05, 4.69) is 0 Å². The van der Waals surface area contributed by atoms with Crippen LogP contribution in [0.5, 0.6) is 0 Å². The molecule has 3 heteroatoms. The summed E-state index contributed by atoms with van der Waals surface area (Å²) in [7, 11) is 0. The summed E-state index contributed by atoms with van der Waals surface area (Å²) in [6.07, 6.45) is 0.770. The lowest BCUT2D eigenvalue weighted by molar-refractivity contribution is 0.505. The lowest BCUT2D eigenvalue weighted by Crippen LogP contribution is -1.96. The first-order valence-corrected chi connectivity index (χ1v) is 4.69. The number of benzene rings is 1. The van der Waals surface area contributed by atoms with Crippen LogP contribution in [-0.2, 0) is 0 Å². The monoisotopic (exact) mass is 204 g/mol. The van der Waals surface area contributed by atoms with E-state index < -0.39 is 11.6 Å². The fourth-order valence-corrected chi connectivity index (χ4v) is 1.48. The summed E-state index contributed by atoms with van der Waals surface area (Å²) >= 11 is 5.55. The summed E-state index contributed by atoms with van der Waals surface area (Å²) < 4.78 is 25.3. The molecule has 0 nitrogen and oxygen atoms in total. The maximum Gasteiger partial charge on any atom is 0.159 e. The van der Waals surface area contributed by atoms with Gasteiger partial charge in [-0.25, -0.2) is 8.78 Å². The van der Waals surface area contributed by atoms with Crippen LogP contribution in [0.3, 0.4) is 0 Å². The molecule has 0 spiro atoms. The molecule has 0 aromatic heterocycles. The van der Waals surface area contributed by atoms with E-state index in [4.69, 9.17) is 11.6 Å². The molecular formula is C10H11ClF2. The van der Waals surface area contributed by atoms with Crippen LogP contribution in [0.1, 0.15) is 24.8 Å². The van der Waals surface area contributed by atoms with E-state index in [1.165, 1.54) is 6.07 Å². The Morgan fingerprint density at radius 1 is 1.31 bits per heavy atom. The SMILES string of the molecule is CC(CCCl)c1ccc(F)c(F)c1. The number of alkyl halides is 1. The average Bonchev–Trinajstić information content (AvgIpc) is 2.10. The van der Waals surface area contributed by atoms with Gasteiger partial charge in [0.25, 0.3) is 0 Å². The number of halogens is 3. The van der Waals surface area contributed by atoms with Gasteiger partial charge in [0.15, 0.2) is 11.6 Å². The third kappa shape index (κ3) is 2.66. The van der Waals surface area contributed by atoms with Crippen LogP contribution < -0.4 is 0 Å². The summed E-state index contributed by atoms with van der Waals surface area (Å²) in [5, 5.41) is 0. The van der Waals surface area contributed by atoms with E-state index in [9.17, 15) is 8.78 Å². The van der Waals surface area contributed by atoms with Crippen LogP contribution >= 0.6 is 11.6 Å². The fourth-order valence-electron chi connectivity index (χ4n) is 1.15. The predicted molar refractivity (Wildman–Crippen MR) is 50.1 cm³/mol. The quantitative estimate of drug-likeness (QED) is 0.659. The van der Waals surface area contributed by atoms with Gasteiger partial charge in [0, 0.05) is 5.88 Å². The summed E-state index contributed by atoms with van der Waals surface area (Å²) in [5.41, 5.74) is 0.791. The molecule has 0 radical (unpaired) electrons. The Hall–Kier alpha value is -0.630. The Balaban J connectivity index is 2.84. The van der Waals surface area contributed by atoms with Crippen molar-refractivity contribution >= 4 is 11.6 Å². The maximum atomic E-state index is 12.8. The van der Waals surface area contributed by atoms with Crippen molar-refractivity contribution in [3.05, 3.63) is 35.4 Å². The lowest BCUT2D eigenvalue weighted by atomic mass is 9.99. The van der Waals surface area contributed by atoms with Crippen molar-refractivity contribution in [2.24, 2.45) is 0 Å². The second-order valence-corrected chi connectivity index (χ2v) is 3.43. The fraction of sp³-hybridized carbons (Fsp3) is 0.400. The molecule has 0 aliphatic rings. The first kappa shape index (κ1) is 10.5. The third-order valence-electron chi connectivity index (χ3n) is 2.05. The molecule has 0 aliphatic heterocycles. The van der Waals surface area contributed by atoms with Crippen LogP contribution in [0.25, 0.3) is 0 Å². The van der Waals surface area contributed by atoms with E-state index >= 15 is 0 Å². The number of rotatable bonds is 3. The smallest absolute Gasteiger partial charge is 0.159 e. The van der Waals surface area contributed by atoms with Crippen molar-refractivity contribution < 1.29 is 8.78 Å². The van der Waals surface area contributed by atoms with E-state index in [-0.39, 0.29) is 5.92 Å². The zero-order chi connectivity index (χ0) is 9.84. The zero-order valence-corrected chi connectivity index (χ0v) is 8.11. The highest BCUT2D eigenvalue weighted by Gasteiger charge is 2.08. The average molecular weight is 205 g/mol. The highest BCUT2D eigenvalue weighted by atomic mass is 35.5. The lowest BCUT2D eigenvalue weighted by Gasteiger charge is -2.09. The Morgan fingerprint density at radius 2 is 2.00 bits per heavy atom. The van der Waals surface area contributed by atoms with Crippen molar-refractivity contribution in [1.29, 1.82) is 0 Å². The molecule has 1 aromatic carbocycles. The van der Waals surface area contributed by atoms with E-state index in [0.717, 1.165) is 18.1 Å². The molecule has 1 atom stereocenters. The largest absolute Gasteiger partial charge is 0.204 e. The molecule has 1 aromatic rings. The summed E-state index contributed by atoms with van der Waals surface area (Å²) in [4.78, 5) is 0. The van der Waals surface area contributed by atoms with Crippen LogP contribution in [-0.4, -0.2) is 5.88 Å². The van der Waals surface area contributed by atoms with Gasteiger partial charge in [-0.15, -0.1) is 11.6 Å².